The summed E-state index contributed by atoms with van der Waals surface area (Å²) >= 11 is 0. The molecule has 7 nitrogen and oxygen atoms in total. The maximum absolute atomic E-state index is 13.4. The molecule has 1 aromatic carbocycles. The monoisotopic (exact) mass is 398 g/mol. The van der Waals surface area contributed by atoms with Gasteiger partial charge in [0.15, 0.2) is 5.65 Å². The van der Waals surface area contributed by atoms with E-state index in [2.05, 4.69) is 25.4 Å². The lowest BCUT2D eigenvalue weighted by atomic mass is 10.0. The molecular formula is C19H13F3N6O. The second kappa shape index (κ2) is 6.97. The van der Waals surface area contributed by atoms with Gasteiger partial charge in [-0.3, -0.25) is 4.79 Å². The van der Waals surface area contributed by atoms with E-state index in [1.54, 1.807) is 13.0 Å². The largest absolute Gasteiger partial charge is 0.417 e. The summed E-state index contributed by atoms with van der Waals surface area (Å²) in [6.45, 7) is 1.65. The molecule has 3 aromatic heterocycles. The Morgan fingerprint density at radius 3 is 2.52 bits per heavy atom. The van der Waals surface area contributed by atoms with Gasteiger partial charge in [-0.1, -0.05) is 18.2 Å². The third kappa shape index (κ3) is 3.51. The summed E-state index contributed by atoms with van der Waals surface area (Å²) in [5.74, 6) is -0.628. The molecule has 0 radical (unpaired) electrons. The van der Waals surface area contributed by atoms with Crippen LogP contribution in [-0.4, -0.2) is 30.5 Å². The average molecular weight is 398 g/mol. The number of carbonyl (C=O) groups excluding carboxylic acids is 1. The first-order chi connectivity index (χ1) is 13.8. The fourth-order valence-corrected chi connectivity index (χ4v) is 2.87. The second-order valence-corrected chi connectivity index (χ2v) is 6.11. The van der Waals surface area contributed by atoms with Crippen LogP contribution in [0.2, 0.25) is 0 Å². The number of hydrogen-bond acceptors (Lipinski definition) is 5. The van der Waals surface area contributed by atoms with Gasteiger partial charge in [-0.25, -0.2) is 19.5 Å². The van der Waals surface area contributed by atoms with Crippen molar-refractivity contribution in [2.75, 3.05) is 5.32 Å². The number of fused-ring (bicyclic) bond motifs is 1. The highest BCUT2D eigenvalue weighted by Crippen LogP contribution is 2.36. The van der Waals surface area contributed by atoms with Gasteiger partial charge in [0.25, 0.3) is 5.91 Å². The molecule has 0 aliphatic carbocycles. The molecule has 0 atom stereocenters. The Morgan fingerprint density at radius 2 is 1.79 bits per heavy atom. The lowest BCUT2D eigenvalue weighted by Crippen LogP contribution is -2.15. The third-order valence-corrected chi connectivity index (χ3v) is 4.18. The molecular weight excluding hydrogens is 385 g/mol. The van der Waals surface area contributed by atoms with Crippen molar-refractivity contribution in [3.05, 3.63) is 72.1 Å². The molecule has 4 aromatic rings. The fraction of sp³-hybridized carbons (Fsp3) is 0.105. The summed E-state index contributed by atoms with van der Waals surface area (Å²) in [6, 6.07) is 8.19. The number of aryl methyl sites for hydroxylation is 1. The number of anilines is 1. The lowest BCUT2D eigenvalue weighted by molar-refractivity contribution is -0.137. The number of nitrogens with one attached hydrogen (secondary N) is 1. The van der Waals surface area contributed by atoms with Gasteiger partial charge in [0.1, 0.15) is 5.69 Å². The van der Waals surface area contributed by atoms with Crippen LogP contribution in [-0.2, 0) is 6.18 Å². The Morgan fingerprint density at radius 1 is 1.07 bits per heavy atom. The first kappa shape index (κ1) is 18.5. The number of halogens is 3. The molecule has 1 amide bonds. The van der Waals surface area contributed by atoms with Crippen LogP contribution in [0.15, 0.2) is 55.0 Å². The van der Waals surface area contributed by atoms with E-state index in [1.165, 1.54) is 47.4 Å². The van der Waals surface area contributed by atoms with Crippen molar-refractivity contribution in [2.24, 2.45) is 0 Å². The first-order valence-corrected chi connectivity index (χ1v) is 8.45. The quantitative estimate of drug-likeness (QED) is 0.568. The summed E-state index contributed by atoms with van der Waals surface area (Å²) in [5.41, 5.74) is 0.177. The van der Waals surface area contributed by atoms with Gasteiger partial charge >= 0.3 is 6.18 Å². The highest BCUT2D eigenvalue weighted by atomic mass is 19.4. The SMILES string of the molecule is Cc1nn2ccc(-c3ccccc3C(F)(F)F)nc2c1NC(=O)c1ncccn1. The van der Waals surface area contributed by atoms with Gasteiger partial charge < -0.3 is 5.32 Å². The van der Waals surface area contributed by atoms with Crippen molar-refractivity contribution in [3.63, 3.8) is 0 Å². The summed E-state index contributed by atoms with van der Waals surface area (Å²) < 4.78 is 41.5. The predicted octanol–water partition coefficient (Wildman–Crippen LogP) is 3.77. The van der Waals surface area contributed by atoms with Crippen LogP contribution in [0.1, 0.15) is 21.9 Å². The highest BCUT2D eigenvalue weighted by Gasteiger charge is 2.33. The molecule has 0 aliphatic rings. The van der Waals surface area contributed by atoms with E-state index in [9.17, 15) is 18.0 Å². The van der Waals surface area contributed by atoms with Crippen LogP contribution in [0.5, 0.6) is 0 Å². The molecule has 146 valence electrons. The molecule has 0 aliphatic heterocycles. The van der Waals surface area contributed by atoms with E-state index in [4.69, 9.17) is 0 Å². The lowest BCUT2D eigenvalue weighted by Gasteiger charge is -2.12. The molecule has 0 saturated heterocycles. The van der Waals surface area contributed by atoms with Gasteiger partial charge in [0.05, 0.1) is 17.0 Å². The first-order valence-electron chi connectivity index (χ1n) is 8.45. The summed E-state index contributed by atoms with van der Waals surface area (Å²) in [4.78, 5) is 24.5. The number of amides is 1. The zero-order valence-electron chi connectivity index (χ0n) is 15.0. The molecule has 1 N–H and O–H groups in total. The second-order valence-electron chi connectivity index (χ2n) is 6.11. The van der Waals surface area contributed by atoms with Gasteiger partial charge in [0.2, 0.25) is 5.82 Å². The standard InChI is InChI=1S/C19H13F3N6O/c1-11-15(26-18(29)16-23-8-4-9-24-16)17-25-14(7-10-28(17)27-11)12-5-2-3-6-13(12)19(20,21)22/h2-10H,1H3,(H,26,29). The Kier molecular flexibility index (Phi) is 4.45. The zero-order chi connectivity index (χ0) is 20.6. The van der Waals surface area contributed by atoms with E-state index >= 15 is 0 Å². The molecule has 10 heteroatoms. The number of nitrogens with zero attached hydrogens (tertiary/aromatic N) is 5. The third-order valence-electron chi connectivity index (χ3n) is 4.18. The number of carbonyl (C=O) groups is 1. The number of aromatic nitrogens is 5. The van der Waals surface area contributed by atoms with Crippen LogP contribution < -0.4 is 5.32 Å². The van der Waals surface area contributed by atoms with Crippen LogP contribution in [0.3, 0.4) is 0 Å². The molecule has 0 bridgehead atoms. The summed E-state index contributed by atoms with van der Waals surface area (Å²) in [6.07, 6.45) is -0.181. The highest BCUT2D eigenvalue weighted by molar-refractivity contribution is 6.04. The number of rotatable bonds is 3. The smallest absolute Gasteiger partial charge is 0.314 e. The van der Waals surface area contributed by atoms with Crippen molar-refractivity contribution in [3.8, 4) is 11.3 Å². The predicted molar refractivity (Wildman–Crippen MR) is 98.1 cm³/mol. The normalized spacial score (nSPS) is 11.6. The number of alkyl halides is 3. The van der Waals surface area contributed by atoms with Crippen molar-refractivity contribution in [1.29, 1.82) is 0 Å². The maximum atomic E-state index is 13.4. The Hall–Kier alpha value is -3.82. The van der Waals surface area contributed by atoms with E-state index < -0.39 is 17.6 Å². The van der Waals surface area contributed by atoms with Crippen molar-refractivity contribution in [2.45, 2.75) is 13.1 Å². The maximum Gasteiger partial charge on any atom is 0.417 e. The van der Waals surface area contributed by atoms with E-state index in [0.717, 1.165) is 6.07 Å². The Labute approximate surface area is 162 Å². The zero-order valence-corrected chi connectivity index (χ0v) is 15.0. The summed E-state index contributed by atoms with van der Waals surface area (Å²) in [7, 11) is 0. The topological polar surface area (TPSA) is 85.1 Å². The average Bonchev–Trinajstić information content (AvgIpc) is 3.02. The Bertz CT molecular complexity index is 1200. The summed E-state index contributed by atoms with van der Waals surface area (Å²) in [5, 5.41) is 6.88. The minimum absolute atomic E-state index is 0.0511. The molecule has 0 unspecified atom stereocenters. The molecule has 0 fully saturated rings. The van der Waals surface area contributed by atoms with Gasteiger partial charge in [-0.2, -0.15) is 18.3 Å². The van der Waals surface area contributed by atoms with Crippen LogP contribution >= 0.6 is 0 Å². The van der Waals surface area contributed by atoms with E-state index in [0.29, 0.717) is 5.69 Å². The minimum Gasteiger partial charge on any atom is -0.314 e. The van der Waals surface area contributed by atoms with Crippen molar-refractivity contribution < 1.29 is 18.0 Å². The van der Waals surface area contributed by atoms with Gasteiger partial charge in [-0.15, -0.1) is 0 Å². The number of benzene rings is 1. The molecule has 29 heavy (non-hydrogen) atoms. The molecule has 4 rings (SSSR count). The van der Waals surface area contributed by atoms with Crippen molar-refractivity contribution in [1.82, 2.24) is 24.6 Å². The van der Waals surface area contributed by atoms with Gasteiger partial charge in [0, 0.05) is 24.2 Å². The van der Waals surface area contributed by atoms with Gasteiger partial charge in [-0.05, 0) is 25.1 Å². The minimum atomic E-state index is -4.53. The van der Waals surface area contributed by atoms with Crippen molar-refractivity contribution >= 4 is 17.2 Å². The molecule has 0 saturated carbocycles. The fourth-order valence-electron chi connectivity index (χ4n) is 2.87. The van der Waals surface area contributed by atoms with E-state index in [-0.39, 0.29) is 28.4 Å². The van der Waals surface area contributed by atoms with Crippen LogP contribution in [0.25, 0.3) is 16.9 Å². The van der Waals surface area contributed by atoms with Crippen LogP contribution in [0, 0.1) is 6.92 Å². The van der Waals surface area contributed by atoms with E-state index in [1.807, 2.05) is 0 Å². The Balaban J connectivity index is 1.80. The molecule has 3 heterocycles. The molecule has 0 spiro atoms. The van der Waals surface area contributed by atoms with Crippen LogP contribution in [0.4, 0.5) is 18.9 Å². The number of hydrogen-bond donors (Lipinski definition) is 1.